The van der Waals surface area contributed by atoms with Crippen LogP contribution in [0.2, 0.25) is 0 Å². The van der Waals surface area contributed by atoms with Gasteiger partial charge < -0.3 is 10.5 Å². The maximum atomic E-state index is 8.92. The van der Waals surface area contributed by atoms with Crippen LogP contribution in [0, 0.1) is 16.7 Å². The van der Waals surface area contributed by atoms with Crippen LogP contribution in [0.25, 0.3) is 0 Å². The molecule has 3 nitrogen and oxygen atoms in total. The molecule has 4 heteroatoms. The molecule has 0 atom stereocenters. The molecule has 0 aromatic heterocycles. The van der Waals surface area contributed by atoms with Gasteiger partial charge in [-0.3, -0.25) is 0 Å². The van der Waals surface area contributed by atoms with E-state index in [0.29, 0.717) is 13.2 Å². The Hall–Kier alpha value is -1.05. The minimum absolute atomic E-state index is 0.236. The molecule has 19 heavy (non-hydrogen) atoms. The molecule has 0 radical (unpaired) electrons. The lowest BCUT2D eigenvalue weighted by Gasteiger charge is -2.15. The second-order valence-corrected chi connectivity index (χ2v) is 6.17. The molecule has 0 aliphatic rings. The SMILES string of the molecule is CC(C)(C#N)CCCCOc1ccc(Br)cc1CN. The van der Waals surface area contributed by atoms with Crippen molar-refractivity contribution in [3.63, 3.8) is 0 Å². The molecule has 1 rings (SSSR count). The van der Waals surface area contributed by atoms with E-state index in [-0.39, 0.29) is 5.41 Å². The van der Waals surface area contributed by atoms with Gasteiger partial charge in [-0.25, -0.2) is 0 Å². The lowest BCUT2D eigenvalue weighted by molar-refractivity contribution is 0.292. The molecule has 104 valence electrons. The quantitative estimate of drug-likeness (QED) is 0.771. The Bertz CT molecular complexity index is 452. The van der Waals surface area contributed by atoms with Gasteiger partial charge >= 0.3 is 0 Å². The van der Waals surface area contributed by atoms with E-state index in [0.717, 1.165) is 35.0 Å². The molecule has 1 aromatic carbocycles. The fourth-order valence-corrected chi connectivity index (χ4v) is 2.16. The van der Waals surface area contributed by atoms with Crippen LogP contribution in [0.3, 0.4) is 0 Å². The summed E-state index contributed by atoms with van der Waals surface area (Å²) in [5.74, 6) is 0.852. The van der Waals surface area contributed by atoms with E-state index >= 15 is 0 Å². The van der Waals surface area contributed by atoms with Crippen LogP contribution in [-0.4, -0.2) is 6.61 Å². The van der Waals surface area contributed by atoms with E-state index in [1.807, 2.05) is 32.0 Å². The van der Waals surface area contributed by atoms with Crippen molar-refractivity contribution in [1.29, 1.82) is 5.26 Å². The summed E-state index contributed by atoms with van der Waals surface area (Å²) >= 11 is 3.42. The average molecular weight is 325 g/mol. The molecule has 0 aliphatic carbocycles. The Balaban J connectivity index is 2.36. The monoisotopic (exact) mass is 324 g/mol. The summed E-state index contributed by atoms with van der Waals surface area (Å²) in [6.45, 7) is 5.07. The Morgan fingerprint density at radius 2 is 2.11 bits per heavy atom. The minimum atomic E-state index is -0.236. The zero-order chi connectivity index (χ0) is 14.3. The summed E-state index contributed by atoms with van der Waals surface area (Å²) in [6.07, 6.45) is 2.84. The van der Waals surface area contributed by atoms with Gasteiger partial charge in [0.2, 0.25) is 0 Å². The average Bonchev–Trinajstić information content (AvgIpc) is 2.39. The van der Waals surface area contributed by atoms with E-state index in [4.69, 9.17) is 15.7 Å². The lowest BCUT2D eigenvalue weighted by Crippen LogP contribution is -2.09. The first-order valence-corrected chi connectivity index (χ1v) is 7.30. The predicted molar refractivity (Wildman–Crippen MR) is 80.8 cm³/mol. The fraction of sp³-hybridized carbons (Fsp3) is 0.533. The summed E-state index contributed by atoms with van der Waals surface area (Å²) in [6, 6.07) is 8.18. The highest BCUT2D eigenvalue weighted by atomic mass is 79.9. The molecule has 0 heterocycles. The topological polar surface area (TPSA) is 59.0 Å². The number of hydrogen-bond acceptors (Lipinski definition) is 3. The van der Waals surface area contributed by atoms with Gasteiger partial charge in [0.05, 0.1) is 18.1 Å². The van der Waals surface area contributed by atoms with Crippen LogP contribution in [0.4, 0.5) is 0 Å². The van der Waals surface area contributed by atoms with Gasteiger partial charge in [0, 0.05) is 16.6 Å². The number of benzene rings is 1. The van der Waals surface area contributed by atoms with Crippen molar-refractivity contribution < 1.29 is 4.74 Å². The smallest absolute Gasteiger partial charge is 0.123 e. The molecule has 0 saturated heterocycles. The first kappa shape index (κ1) is 16.0. The maximum absolute atomic E-state index is 8.92. The van der Waals surface area contributed by atoms with E-state index in [9.17, 15) is 0 Å². The van der Waals surface area contributed by atoms with E-state index < -0.39 is 0 Å². The number of rotatable bonds is 7. The van der Waals surface area contributed by atoms with Gasteiger partial charge in [-0.05, 0) is 51.3 Å². The van der Waals surface area contributed by atoms with Crippen molar-refractivity contribution in [3.05, 3.63) is 28.2 Å². The third kappa shape index (κ3) is 5.63. The van der Waals surface area contributed by atoms with E-state index in [2.05, 4.69) is 22.0 Å². The third-order valence-electron chi connectivity index (χ3n) is 3.00. The first-order valence-electron chi connectivity index (χ1n) is 6.51. The van der Waals surface area contributed by atoms with Gasteiger partial charge in [0.1, 0.15) is 5.75 Å². The van der Waals surface area contributed by atoms with Crippen LogP contribution in [0.1, 0.15) is 38.7 Å². The summed E-state index contributed by atoms with van der Waals surface area (Å²) in [4.78, 5) is 0. The van der Waals surface area contributed by atoms with Crippen LogP contribution >= 0.6 is 15.9 Å². The van der Waals surface area contributed by atoms with Crippen molar-refractivity contribution in [1.82, 2.24) is 0 Å². The second kappa shape index (κ2) is 7.52. The molecule has 0 spiro atoms. The first-order chi connectivity index (χ1) is 8.98. The largest absolute Gasteiger partial charge is 0.493 e. The fourth-order valence-electron chi connectivity index (χ4n) is 1.76. The summed E-state index contributed by atoms with van der Waals surface area (Å²) < 4.78 is 6.76. The van der Waals surface area contributed by atoms with E-state index in [1.165, 1.54) is 0 Å². The minimum Gasteiger partial charge on any atom is -0.493 e. The molecule has 0 aliphatic heterocycles. The number of unbranched alkanes of at least 4 members (excludes halogenated alkanes) is 1. The van der Waals surface area contributed by atoms with Crippen molar-refractivity contribution in [2.24, 2.45) is 11.1 Å². The zero-order valence-electron chi connectivity index (χ0n) is 11.6. The van der Waals surface area contributed by atoms with Gasteiger partial charge in [0.25, 0.3) is 0 Å². The number of ether oxygens (including phenoxy) is 1. The molecule has 0 amide bonds. The number of nitrogens with zero attached hydrogens (tertiary/aromatic N) is 1. The van der Waals surface area contributed by atoms with Crippen molar-refractivity contribution in [3.8, 4) is 11.8 Å². The van der Waals surface area contributed by atoms with Crippen molar-refractivity contribution in [2.45, 2.75) is 39.7 Å². The Labute approximate surface area is 123 Å². The lowest BCUT2D eigenvalue weighted by atomic mass is 9.89. The van der Waals surface area contributed by atoms with Crippen LogP contribution in [0.5, 0.6) is 5.75 Å². The molecular weight excluding hydrogens is 304 g/mol. The molecule has 0 fully saturated rings. The number of hydrogen-bond donors (Lipinski definition) is 1. The summed E-state index contributed by atoms with van der Waals surface area (Å²) in [5.41, 5.74) is 6.46. The van der Waals surface area contributed by atoms with Gasteiger partial charge in [0.15, 0.2) is 0 Å². The highest BCUT2D eigenvalue weighted by molar-refractivity contribution is 9.10. The third-order valence-corrected chi connectivity index (χ3v) is 3.49. The zero-order valence-corrected chi connectivity index (χ0v) is 13.2. The van der Waals surface area contributed by atoms with Crippen LogP contribution < -0.4 is 10.5 Å². The second-order valence-electron chi connectivity index (χ2n) is 5.26. The van der Waals surface area contributed by atoms with Gasteiger partial charge in [-0.1, -0.05) is 15.9 Å². The summed E-state index contributed by atoms with van der Waals surface area (Å²) in [7, 11) is 0. The molecule has 0 unspecified atom stereocenters. The normalized spacial score (nSPS) is 11.1. The maximum Gasteiger partial charge on any atom is 0.123 e. The Morgan fingerprint density at radius 1 is 1.37 bits per heavy atom. The highest BCUT2D eigenvalue weighted by Crippen LogP contribution is 2.24. The predicted octanol–water partition coefficient (Wildman–Crippen LogP) is 4.01. The number of halogens is 1. The number of nitrogens with two attached hydrogens (primary N) is 1. The van der Waals surface area contributed by atoms with Gasteiger partial charge in [-0.2, -0.15) is 5.26 Å². The molecule has 0 bridgehead atoms. The Morgan fingerprint density at radius 3 is 2.74 bits per heavy atom. The molecule has 2 N–H and O–H groups in total. The Kier molecular flexibility index (Phi) is 6.33. The summed E-state index contributed by atoms with van der Waals surface area (Å²) in [5, 5.41) is 8.92. The molecule has 1 aromatic rings. The standard InChI is InChI=1S/C15H21BrN2O/c1-15(2,11-18)7-3-4-8-19-14-6-5-13(16)9-12(14)10-17/h5-6,9H,3-4,7-8,10,17H2,1-2H3. The van der Waals surface area contributed by atoms with Crippen LogP contribution in [0.15, 0.2) is 22.7 Å². The van der Waals surface area contributed by atoms with Crippen LogP contribution in [-0.2, 0) is 6.54 Å². The van der Waals surface area contributed by atoms with Crippen molar-refractivity contribution in [2.75, 3.05) is 6.61 Å². The van der Waals surface area contributed by atoms with E-state index in [1.54, 1.807) is 0 Å². The van der Waals surface area contributed by atoms with Gasteiger partial charge in [-0.15, -0.1) is 0 Å². The number of nitriles is 1. The molecular formula is C15H21BrN2O. The van der Waals surface area contributed by atoms with Crippen molar-refractivity contribution >= 4 is 15.9 Å². The highest BCUT2D eigenvalue weighted by Gasteiger charge is 2.15. The molecule has 0 saturated carbocycles.